The minimum atomic E-state index is -3.57. The van der Waals surface area contributed by atoms with Crippen molar-refractivity contribution in [1.82, 2.24) is 0 Å². The van der Waals surface area contributed by atoms with Crippen molar-refractivity contribution in [2.75, 3.05) is 11.3 Å². The van der Waals surface area contributed by atoms with Crippen LogP contribution < -0.4 is 10.0 Å². The molecule has 4 nitrogen and oxygen atoms in total. The van der Waals surface area contributed by atoms with Crippen LogP contribution in [-0.4, -0.2) is 15.0 Å². The minimum Gasteiger partial charge on any atom is -0.339 e. The van der Waals surface area contributed by atoms with Crippen molar-refractivity contribution in [3.05, 3.63) is 72.3 Å². The van der Waals surface area contributed by atoms with Gasteiger partial charge in [0.15, 0.2) is 0 Å². The molecule has 0 spiro atoms. The van der Waals surface area contributed by atoms with E-state index < -0.39 is 10.0 Å². The Morgan fingerprint density at radius 3 is 2.50 bits per heavy atom. The van der Waals surface area contributed by atoms with Crippen LogP contribution in [0.3, 0.4) is 0 Å². The number of quaternary nitrogens is 1. The van der Waals surface area contributed by atoms with Gasteiger partial charge < -0.3 is 5.32 Å². The Balaban J connectivity index is 2.22. The summed E-state index contributed by atoms with van der Waals surface area (Å²) in [4.78, 5) is 0.267. The molecule has 116 valence electrons. The number of rotatable bonds is 7. The van der Waals surface area contributed by atoms with E-state index in [4.69, 9.17) is 0 Å². The molecule has 2 aromatic carbocycles. The molecule has 0 fully saturated rings. The van der Waals surface area contributed by atoms with Crippen LogP contribution in [0, 0.1) is 6.92 Å². The number of para-hydroxylation sites is 1. The smallest absolute Gasteiger partial charge is 0.261 e. The van der Waals surface area contributed by atoms with Crippen molar-refractivity contribution in [3.8, 4) is 0 Å². The topological polar surface area (TPSA) is 62.8 Å². The number of sulfonamides is 1. The first-order valence-corrected chi connectivity index (χ1v) is 8.61. The van der Waals surface area contributed by atoms with Gasteiger partial charge >= 0.3 is 0 Å². The summed E-state index contributed by atoms with van der Waals surface area (Å²) < 4.78 is 27.6. The third-order valence-corrected chi connectivity index (χ3v) is 4.67. The van der Waals surface area contributed by atoms with Crippen molar-refractivity contribution < 1.29 is 13.7 Å². The predicted octanol–water partition coefficient (Wildman–Crippen LogP) is 2.05. The Morgan fingerprint density at radius 2 is 1.82 bits per heavy atom. The molecule has 0 saturated heterocycles. The van der Waals surface area contributed by atoms with Crippen molar-refractivity contribution in [1.29, 1.82) is 0 Å². The molecule has 0 aliphatic rings. The maximum Gasteiger partial charge on any atom is 0.261 e. The molecule has 5 heteroatoms. The van der Waals surface area contributed by atoms with Gasteiger partial charge in [0, 0.05) is 5.56 Å². The van der Waals surface area contributed by atoms with Crippen LogP contribution in [0.4, 0.5) is 5.69 Å². The number of nitrogens with one attached hydrogen (secondary N) is 1. The van der Waals surface area contributed by atoms with Crippen LogP contribution in [-0.2, 0) is 16.6 Å². The summed E-state index contributed by atoms with van der Waals surface area (Å²) in [5, 5.41) is 2.06. The zero-order valence-electron chi connectivity index (χ0n) is 12.6. The summed E-state index contributed by atoms with van der Waals surface area (Å²) in [6.45, 7) is 7.09. The summed E-state index contributed by atoms with van der Waals surface area (Å²) >= 11 is 0. The molecule has 0 aliphatic heterocycles. The molecule has 0 unspecified atom stereocenters. The Labute approximate surface area is 131 Å². The third-order valence-electron chi connectivity index (χ3n) is 3.29. The molecule has 0 aromatic heterocycles. The van der Waals surface area contributed by atoms with Crippen LogP contribution in [0.25, 0.3) is 0 Å². The highest BCUT2D eigenvalue weighted by molar-refractivity contribution is 7.92. The Hall–Kier alpha value is -2.11. The molecule has 0 amide bonds. The normalized spacial score (nSPS) is 11.1. The minimum absolute atomic E-state index is 0.267. The average Bonchev–Trinajstić information content (AvgIpc) is 2.49. The molecular formula is C17H21N2O2S+. The second kappa shape index (κ2) is 7.24. The predicted molar refractivity (Wildman–Crippen MR) is 89.1 cm³/mol. The first-order chi connectivity index (χ1) is 10.5. The van der Waals surface area contributed by atoms with Crippen LogP contribution in [0.5, 0.6) is 0 Å². The summed E-state index contributed by atoms with van der Waals surface area (Å²) in [6.07, 6.45) is 1.82. The summed E-state index contributed by atoms with van der Waals surface area (Å²) in [5.41, 5.74) is 2.58. The van der Waals surface area contributed by atoms with E-state index in [0.717, 1.165) is 17.7 Å². The lowest BCUT2D eigenvalue weighted by Gasteiger charge is -2.12. The van der Waals surface area contributed by atoms with E-state index in [0.29, 0.717) is 12.2 Å². The molecule has 0 aliphatic carbocycles. The molecule has 0 heterocycles. The van der Waals surface area contributed by atoms with Crippen LogP contribution >= 0.6 is 0 Å². The van der Waals surface area contributed by atoms with Gasteiger partial charge in [0.1, 0.15) is 6.54 Å². The van der Waals surface area contributed by atoms with Crippen LogP contribution in [0.15, 0.2) is 66.1 Å². The molecular weight excluding hydrogens is 296 g/mol. The van der Waals surface area contributed by atoms with E-state index in [9.17, 15) is 8.42 Å². The lowest BCUT2D eigenvalue weighted by atomic mass is 10.2. The zero-order valence-corrected chi connectivity index (χ0v) is 13.4. The van der Waals surface area contributed by atoms with E-state index in [2.05, 4.69) is 16.6 Å². The second-order valence-corrected chi connectivity index (χ2v) is 6.78. The van der Waals surface area contributed by atoms with Gasteiger partial charge in [-0.25, -0.2) is 8.42 Å². The van der Waals surface area contributed by atoms with E-state index in [-0.39, 0.29) is 4.90 Å². The second-order valence-electron chi connectivity index (χ2n) is 5.09. The molecule has 0 atom stereocenters. The third kappa shape index (κ3) is 4.19. The summed E-state index contributed by atoms with van der Waals surface area (Å²) in [6, 6.07) is 14.2. The van der Waals surface area contributed by atoms with Gasteiger partial charge in [-0.3, -0.25) is 4.72 Å². The molecule has 0 radical (unpaired) electrons. The first kappa shape index (κ1) is 16.3. The number of benzene rings is 2. The Kier molecular flexibility index (Phi) is 5.35. The molecule has 2 rings (SSSR count). The molecule has 2 aromatic rings. The first-order valence-electron chi connectivity index (χ1n) is 7.13. The number of hydrogen-bond donors (Lipinski definition) is 2. The zero-order chi connectivity index (χ0) is 16.0. The quantitative estimate of drug-likeness (QED) is 0.606. The Bertz CT molecular complexity index is 738. The van der Waals surface area contributed by atoms with Gasteiger partial charge in [0.25, 0.3) is 10.0 Å². The SMILES string of the molecule is C=CC[NH2+]Cc1ccccc1NS(=O)(=O)c1ccc(C)cc1. The summed E-state index contributed by atoms with van der Waals surface area (Å²) in [5.74, 6) is 0. The van der Waals surface area contributed by atoms with E-state index >= 15 is 0 Å². The van der Waals surface area contributed by atoms with Crippen molar-refractivity contribution in [2.24, 2.45) is 0 Å². The van der Waals surface area contributed by atoms with E-state index in [1.54, 1.807) is 30.3 Å². The number of anilines is 1. The van der Waals surface area contributed by atoms with Crippen LogP contribution in [0.2, 0.25) is 0 Å². The average molecular weight is 317 g/mol. The highest BCUT2D eigenvalue weighted by atomic mass is 32.2. The van der Waals surface area contributed by atoms with Gasteiger partial charge in [-0.05, 0) is 31.2 Å². The van der Waals surface area contributed by atoms with Gasteiger partial charge in [-0.15, -0.1) is 0 Å². The van der Waals surface area contributed by atoms with Gasteiger partial charge in [0.05, 0.1) is 17.1 Å². The lowest BCUT2D eigenvalue weighted by Crippen LogP contribution is -2.82. The monoisotopic (exact) mass is 317 g/mol. The van der Waals surface area contributed by atoms with Crippen molar-refractivity contribution in [3.63, 3.8) is 0 Å². The maximum absolute atomic E-state index is 12.5. The highest BCUT2D eigenvalue weighted by Gasteiger charge is 2.15. The standard InChI is InChI=1S/C17H20N2O2S/c1-3-12-18-13-15-6-4-5-7-17(15)19-22(20,21)16-10-8-14(2)9-11-16/h3-11,18-19H,1,12-13H2,2H3/p+1. The summed E-state index contributed by atoms with van der Waals surface area (Å²) in [7, 11) is -3.57. The van der Waals surface area contributed by atoms with Gasteiger partial charge in [-0.1, -0.05) is 42.5 Å². The van der Waals surface area contributed by atoms with Crippen molar-refractivity contribution >= 4 is 15.7 Å². The van der Waals surface area contributed by atoms with Gasteiger partial charge in [0.2, 0.25) is 0 Å². The molecule has 22 heavy (non-hydrogen) atoms. The Morgan fingerprint density at radius 1 is 1.14 bits per heavy atom. The van der Waals surface area contributed by atoms with Crippen LogP contribution in [0.1, 0.15) is 11.1 Å². The number of nitrogens with two attached hydrogens (primary N) is 1. The molecule has 0 bridgehead atoms. The molecule has 3 N–H and O–H groups in total. The largest absolute Gasteiger partial charge is 0.339 e. The molecule has 0 saturated carbocycles. The number of hydrogen-bond acceptors (Lipinski definition) is 2. The van der Waals surface area contributed by atoms with Crippen molar-refractivity contribution in [2.45, 2.75) is 18.4 Å². The van der Waals surface area contributed by atoms with E-state index in [1.807, 2.05) is 31.2 Å². The fraction of sp³-hybridized carbons (Fsp3) is 0.176. The van der Waals surface area contributed by atoms with Gasteiger partial charge in [-0.2, -0.15) is 0 Å². The highest BCUT2D eigenvalue weighted by Crippen LogP contribution is 2.19. The fourth-order valence-electron chi connectivity index (χ4n) is 2.08. The lowest BCUT2D eigenvalue weighted by molar-refractivity contribution is -0.661. The maximum atomic E-state index is 12.5. The van der Waals surface area contributed by atoms with E-state index in [1.165, 1.54) is 0 Å². The number of aryl methyl sites for hydroxylation is 1. The fourth-order valence-corrected chi connectivity index (χ4v) is 3.18.